The van der Waals surface area contributed by atoms with Crippen LogP contribution in [0.4, 0.5) is 5.69 Å². The first-order valence-electron chi connectivity index (χ1n) is 15.3. The highest BCUT2D eigenvalue weighted by atomic mass is 32.2. The number of aryl methyl sites for hydroxylation is 1. The average molecular weight is 723 g/mol. The van der Waals surface area contributed by atoms with Crippen LogP contribution < -0.4 is 14.2 Å². The Morgan fingerprint density at radius 3 is 2.38 bits per heavy atom. The Balaban J connectivity index is 1.41. The lowest BCUT2D eigenvalue weighted by Crippen LogP contribution is -2.39. The molecule has 0 aliphatic carbocycles. The highest BCUT2D eigenvalue weighted by molar-refractivity contribution is 7.89. The average Bonchev–Trinajstić information content (AvgIpc) is 3.69. The Bertz CT molecular complexity index is 2750. The van der Waals surface area contributed by atoms with Gasteiger partial charge in [-0.2, -0.15) is 4.57 Å². The lowest BCUT2D eigenvalue weighted by Gasteiger charge is -2.22. The molecule has 1 aliphatic heterocycles. The van der Waals surface area contributed by atoms with Crippen LogP contribution in [-0.2, 0) is 33.2 Å². The van der Waals surface area contributed by atoms with Crippen molar-refractivity contribution in [3.63, 3.8) is 0 Å². The molecule has 6 aromatic rings. The highest BCUT2D eigenvalue weighted by Crippen LogP contribution is 2.46. The van der Waals surface area contributed by atoms with Crippen LogP contribution in [0, 0.1) is 0 Å². The monoisotopic (exact) mass is 722 g/mol. The fourth-order valence-corrected chi connectivity index (χ4v) is 8.59. The minimum absolute atomic E-state index is 0.000332. The predicted molar refractivity (Wildman–Crippen MR) is 193 cm³/mol. The number of nitrogens with zero attached hydrogens (tertiary/aromatic N) is 3. The fraction of sp³-hybridized carbons (Fsp3) is 0.108. The number of allylic oxidation sites excluding steroid dienone is 2. The molecule has 3 heterocycles. The Kier molecular flexibility index (Phi) is 8.37. The van der Waals surface area contributed by atoms with Crippen molar-refractivity contribution in [2.24, 2.45) is 7.05 Å². The van der Waals surface area contributed by atoms with Crippen LogP contribution in [0.1, 0.15) is 18.4 Å². The Morgan fingerprint density at radius 1 is 0.940 bits per heavy atom. The summed E-state index contributed by atoms with van der Waals surface area (Å²) in [6.45, 7) is 5.30. The van der Waals surface area contributed by atoms with Crippen LogP contribution in [0.25, 0.3) is 49.2 Å². The molecule has 252 valence electrons. The van der Waals surface area contributed by atoms with Crippen molar-refractivity contribution in [1.82, 2.24) is 4.57 Å². The number of fused-ring (bicyclic) bond motifs is 5. The van der Waals surface area contributed by atoms with E-state index in [9.17, 15) is 25.9 Å². The minimum atomic E-state index is -5.12. The van der Waals surface area contributed by atoms with E-state index in [1.165, 1.54) is 20.8 Å². The summed E-state index contributed by atoms with van der Waals surface area (Å²) in [4.78, 5) is 1.17. The molecule has 0 unspecified atom stereocenters. The maximum absolute atomic E-state index is 12.6. The van der Waals surface area contributed by atoms with Gasteiger partial charge in [0.2, 0.25) is 17.3 Å². The summed E-state index contributed by atoms with van der Waals surface area (Å²) in [5.74, 6) is -0.495. The molecular weight excluding hydrogens is 695 g/mol. The van der Waals surface area contributed by atoms with Gasteiger partial charge in [0.1, 0.15) is 14.8 Å². The van der Waals surface area contributed by atoms with Gasteiger partial charge in [-0.15, -0.1) is 0 Å². The van der Waals surface area contributed by atoms with Gasteiger partial charge in [-0.05, 0) is 53.6 Å². The molecule has 0 spiro atoms. The number of benzene rings is 4. The maximum atomic E-state index is 12.6. The molecule has 0 N–H and O–H groups in total. The van der Waals surface area contributed by atoms with E-state index < -0.39 is 31.1 Å². The Hall–Kier alpha value is -5.23. The van der Waals surface area contributed by atoms with E-state index in [1.54, 1.807) is 24.3 Å². The van der Waals surface area contributed by atoms with Crippen LogP contribution in [0.15, 0.2) is 126 Å². The summed E-state index contributed by atoms with van der Waals surface area (Å²) in [7, 11) is -7.91. The van der Waals surface area contributed by atoms with E-state index in [0.717, 1.165) is 37.6 Å². The van der Waals surface area contributed by atoms with Gasteiger partial charge in [0.25, 0.3) is 5.01 Å². The second-order valence-corrected chi connectivity index (χ2v) is 15.3. The number of hydrogen-bond donors (Lipinski definition) is 0. The van der Waals surface area contributed by atoms with Crippen molar-refractivity contribution in [2.45, 2.75) is 19.2 Å². The van der Waals surface area contributed by atoms with Crippen LogP contribution in [0.2, 0.25) is 0 Å². The lowest BCUT2D eigenvalue weighted by atomic mass is 10.1. The molecule has 7 rings (SSSR count). The van der Waals surface area contributed by atoms with Crippen molar-refractivity contribution >= 4 is 75.4 Å². The Labute approximate surface area is 292 Å². The van der Waals surface area contributed by atoms with Crippen molar-refractivity contribution in [1.29, 1.82) is 0 Å². The highest BCUT2D eigenvalue weighted by Gasteiger charge is 2.34. The lowest BCUT2D eigenvalue weighted by molar-refractivity contribution is -0.649. The number of anilines is 1. The smallest absolute Gasteiger partial charge is 0.263 e. The number of rotatable bonds is 8. The van der Waals surface area contributed by atoms with Gasteiger partial charge >= 0.3 is 0 Å². The molecule has 0 bridgehead atoms. The van der Waals surface area contributed by atoms with E-state index in [2.05, 4.69) is 18.0 Å². The predicted octanol–water partition coefficient (Wildman–Crippen LogP) is 6.86. The molecule has 0 saturated heterocycles. The summed E-state index contributed by atoms with van der Waals surface area (Å²) in [6.07, 6.45) is 3.68. The molecule has 0 amide bonds. The molecule has 2 aromatic heterocycles. The first-order chi connectivity index (χ1) is 23.9. The third-order valence-corrected chi connectivity index (χ3v) is 10.9. The number of ether oxygens (including phenoxy) is 1. The molecule has 0 saturated carbocycles. The zero-order chi connectivity index (χ0) is 35.4. The van der Waals surface area contributed by atoms with E-state index in [4.69, 9.17) is 4.74 Å². The SMILES string of the molecule is C=C=C=C(N1C(=CC(=Cc2sc3ccc(-c4ccccc4)cc3[n+]2CS(=O)(=O)[O-])CC)Oc2cc3c(cc21)c1ccccc1n3C)S(=O)(=O)[O-]. The zero-order valence-electron chi connectivity index (χ0n) is 26.8. The fourth-order valence-electron chi connectivity index (χ4n) is 6.19. The van der Waals surface area contributed by atoms with Gasteiger partial charge in [-0.3, -0.25) is 4.90 Å². The van der Waals surface area contributed by atoms with E-state index in [-0.39, 0.29) is 5.88 Å². The Morgan fingerprint density at radius 2 is 1.68 bits per heavy atom. The second-order valence-electron chi connectivity index (χ2n) is 11.6. The van der Waals surface area contributed by atoms with Gasteiger partial charge in [0.15, 0.2) is 20.9 Å². The van der Waals surface area contributed by atoms with Crippen LogP contribution >= 0.6 is 11.3 Å². The normalized spacial score (nSPS) is 14.3. The maximum Gasteiger partial charge on any atom is 0.263 e. The molecule has 4 aromatic carbocycles. The number of hydrogen-bond acceptors (Lipinski definition) is 9. The van der Waals surface area contributed by atoms with E-state index in [0.29, 0.717) is 34.0 Å². The molecule has 50 heavy (non-hydrogen) atoms. The number of para-hydroxylation sites is 1. The first-order valence-corrected chi connectivity index (χ1v) is 19.1. The zero-order valence-corrected chi connectivity index (χ0v) is 29.2. The van der Waals surface area contributed by atoms with Crippen molar-refractivity contribution < 1.29 is 35.2 Å². The molecule has 0 fully saturated rings. The molecule has 0 atom stereocenters. The third-order valence-electron chi connectivity index (χ3n) is 8.46. The first kappa shape index (κ1) is 33.3. The van der Waals surface area contributed by atoms with Gasteiger partial charge < -0.3 is 18.4 Å². The minimum Gasteiger partial charge on any atom is -0.743 e. The molecule has 10 nitrogen and oxygen atoms in total. The third kappa shape index (κ3) is 6.08. The van der Waals surface area contributed by atoms with Gasteiger partial charge in [0, 0.05) is 47.6 Å². The van der Waals surface area contributed by atoms with Gasteiger partial charge in [0.05, 0.1) is 11.2 Å². The number of aromatic nitrogens is 2. The van der Waals surface area contributed by atoms with Crippen molar-refractivity contribution in [3.05, 3.63) is 131 Å². The number of thiazole rings is 1. The molecule has 13 heteroatoms. The van der Waals surface area contributed by atoms with Gasteiger partial charge in [-0.1, -0.05) is 78.6 Å². The van der Waals surface area contributed by atoms with Crippen molar-refractivity contribution in [2.75, 3.05) is 4.90 Å². The summed E-state index contributed by atoms with van der Waals surface area (Å²) in [5.41, 5.74) is 9.68. The van der Waals surface area contributed by atoms with E-state index >= 15 is 0 Å². The topological polar surface area (TPSA) is 136 Å². The summed E-state index contributed by atoms with van der Waals surface area (Å²) < 4.78 is 84.8. The van der Waals surface area contributed by atoms with Crippen LogP contribution in [-0.4, -0.2) is 30.5 Å². The van der Waals surface area contributed by atoms with Crippen molar-refractivity contribution in [3.8, 4) is 16.9 Å². The van der Waals surface area contributed by atoms with Crippen LogP contribution in [0.5, 0.6) is 5.75 Å². The summed E-state index contributed by atoms with van der Waals surface area (Å²) in [5, 5.41) is 1.45. The molecule has 0 radical (unpaired) electrons. The standard InChI is InChI=1S/C37H29N3O7S3/c1-4-11-37(50(44,45)46)40-31-21-28-27-14-9-10-15-29(27)38(3)30(28)22-33(31)47-35(40)18-24(5-2)19-36-39(23-49(41,42)43)32-20-26(16-17-34(32)48-36)25-12-7-6-8-13-25/h6-10,12-22H,1,5,23H2,2-3H3,(H-,41,42,43,44,45,46)/p-1. The molecule has 1 aliphatic rings. The summed E-state index contributed by atoms with van der Waals surface area (Å²) >= 11 is 1.30. The molecular formula is C37H28N3O7S3-. The quantitative estimate of drug-likeness (QED) is 0.0945. The van der Waals surface area contributed by atoms with Crippen LogP contribution in [0.3, 0.4) is 0 Å². The van der Waals surface area contributed by atoms with Gasteiger partial charge in [-0.25, -0.2) is 16.8 Å². The summed E-state index contributed by atoms with van der Waals surface area (Å²) in [6, 6.07) is 26.5. The largest absolute Gasteiger partial charge is 0.743 e. The van der Waals surface area contributed by atoms with E-state index in [1.807, 2.05) is 91.3 Å². The second kappa shape index (κ2) is 12.6.